The predicted molar refractivity (Wildman–Crippen MR) is 90.2 cm³/mol. The second kappa shape index (κ2) is 5.69. The van der Waals surface area contributed by atoms with E-state index >= 15 is 0 Å². The van der Waals surface area contributed by atoms with Crippen molar-refractivity contribution in [3.63, 3.8) is 0 Å². The molecule has 130 valence electrons. The number of para-hydroxylation sites is 1. The van der Waals surface area contributed by atoms with Gasteiger partial charge < -0.3 is 14.8 Å². The van der Waals surface area contributed by atoms with E-state index in [9.17, 15) is 14.4 Å². The number of hydrogen-bond donors (Lipinski definition) is 2. The van der Waals surface area contributed by atoms with Gasteiger partial charge in [-0.2, -0.15) is 5.10 Å². The van der Waals surface area contributed by atoms with Crippen LogP contribution in [0.4, 0.5) is 5.69 Å². The van der Waals surface area contributed by atoms with Crippen molar-refractivity contribution in [1.82, 2.24) is 5.01 Å². The zero-order chi connectivity index (χ0) is 18.3. The molecule has 8 heteroatoms. The molecule has 2 N–H and O–H groups in total. The number of carbonyl (C=O) groups is 3. The summed E-state index contributed by atoms with van der Waals surface area (Å²) in [5.41, 5.74) is 0.248. The molecule has 0 saturated carbocycles. The first kappa shape index (κ1) is 15.8. The molecular weight excluding hydrogens is 338 g/mol. The molecule has 3 heterocycles. The maximum atomic E-state index is 12.9. The maximum absolute atomic E-state index is 12.9. The van der Waals surface area contributed by atoms with E-state index in [1.165, 1.54) is 6.26 Å². The number of benzene rings is 1. The third-order valence-corrected chi connectivity index (χ3v) is 4.38. The fourth-order valence-corrected chi connectivity index (χ4v) is 3.27. The Morgan fingerprint density at radius 2 is 2.04 bits per heavy atom. The van der Waals surface area contributed by atoms with Crippen LogP contribution in [0.3, 0.4) is 0 Å². The summed E-state index contributed by atoms with van der Waals surface area (Å²) < 4.78 is 5.36. The highest BCUT2D eigenvalue weighted by Gasteiger charge is 2.57. The Kier molecular flexibility index (Phi) is 3.47. The zero-order valence-corrected chi connectivity index (χ0v) is 13.4. The van der Waals surface area contributed by atoms with Crippen LogP contribution in [-0.2, 0) is 19.9 Å². The Morgan fingerprint density at radius 1 is 1.23 bits per heavy atom. The second-order valence-corrected chi connectivity index (χ2v) is 5.88. The molecule has 1 aromatic carbocycles. The van der Waals surface area contributed by atoms with E-state index in [2.05, 4.69) is 10.4 Å². The molecule has 2 amide bonds. The second-order valence-electron chi connectivity index (χ2n) is 5.88. The van der Waals surface area contributed by atoms with Crippen LogP contribution >= 0.6 is 0 Å². The number of amides is 2. The van der Waals surface area contributed by atoms with Gasteiger partial charge in [-0.05, 0) is 18.2 Å². The van der Waals surface area contributed by atoms with Crippen LogP contribution in [0.15, 0.2) is 64.3 Å². The summed E-state index contributed by atoms with van der Waals surface area (Å²) in [4.78, 5) is 36.3. The maximum Gasteiger partial charge on any atom is 0.328 e. The highest BCUT2D eigenvalue weighted by molar-refractivity contribution is 6.15. The Labute approximate surface area is 147 Å². The number of aliphatic carboxylic acids is 1. The molecule has 1 aromatic heterocycles. The molecule has 4 rings (SSSR count). The van der Waals surface area contributed by atoms with Gasteiger partial charge in [0.2, 0.25) is 0 Å². The number of nitrogens with one attached hydrogen (secondary N) is 1. The Bertz CT molecular complexity index is 976. The van der Waals surface area contributed by atoms with Crippen molar-refractivity contribution in [2.75, 3.05) is 5.32 Å². The molecule has 0 saturated heterocycles. The number of anilines is 1. The number of furan rings is 1. The number of carboxylic acid groups (broad SMARTS) is 1. The van der Waals surface area contributed by atoms with E-state index in [1.807, 2.05) is 0 Å². The standard InChI is InChI=1S/C18H13N3O5/c22-15(7-8-16(23)24)21-18(10-13(20-21)14-6-3-9-26-14)11-4-1-2-5-12(11)19-17(18)25/h1-9H,10H2,(H,19,25)(H,23,24)/b8-7+/t18-/m0/s1. The van der Waals surface area contributed by atoms with Gasteiger partial charge in [0.1, 0.15) is 11.5 Å². The molecule has 0 radical (unpaired) electrons. The normalized spacial score (nSPS) is 21.2. The Balaban J connectivity index is 1.84. The topological polar surface area (TPSA) is 112 Å². The fourth-order valence-electron chi connectivity index (χ4n) is 3.27. The fraction of sp³-hybridized carbons (Fsp3) is 0.111. The Hall–Kier alpha value is -3.68. The van der Waals surface area contributed by atoms with E-state index in [0.29, 0.717) is 22.7 Å². The average Bonchev–Trinajstić information content (AvgIpc) is 3.33. The predicted octanol–water partition coefficient (Wildman–Crippen LogP) is 1.70. The molecule has 2 aliphatic rings. The molecule has 26 heavy (non-hydrogen) atoms. The van der Waals surface area contributed by atoms with Crippen LogP contribution < -0.4 is 5.32 Å². The number of hydrazone groups is 1. The lowest BCUT2D eigenvalue weighted by atomic mass is 9.86. The summed E-state index contributed by atoms with van der Waals surface area (Å²) in [6, 6.07) is 10.4. The van der Waals surface area contributed by atoms with E-state index in [4.69, 9.17) is 9.52 Å². The van der Waals surface area contributed by atoms with Crippen LogP contribution in [0.2, 0.25) is 0 Å². The highest BCUT2D eigenvalue weighted by atomic mass is 16.4. The van der Waals surface area contributed by atoms with Crippen LogP contribution in [0.5, 0.6) is 0 Å². The van der Waals surface area contributed by atoms with Crippen molar-refractivity contribution in [3.8, 4) is 0 Å². The summed E-state index contributed by atoms with van der Waals surface area (Å²) in [5, 5.41) is 16.9. The van der Waals surface area contributed by atoms with Gasteiger partial charge in [-0.3, -0.25) is 9.59 Å². The number of nitrogens with zero attached hydrogens (tertiary/aromatic N) is 2. The van der Waals surface area contributed by atoms with Gasteiger partial charge in [0.25, 0.3) is 11.8 Å². The summed E-state index contributed by atoms with van der Waals surface area (Å²) in [7, 11) is 0. The van der Waals surface area contributed by atoms with Crippen LogP contribution in [0.25, 0.3) is 0 Å². The number of hydrogen-bond acceptors (Lipinski definition) is 5. The lowest BCUT2D eigenvalue weighted by Crippen LogP contribution is -2.48. The minimum absolute atomic E-state index is 0.121. The highest BCUT2D eigenvalue weighted by Crippen LogP contribution is 2.47. The molecule has 0 aliphatic carbocycles. The molecule has 1 spiro atoms. The molecule has 0 unspecified atom stereocenters. The summed E-state index contributed by atoms with van der Waals surface area (Å²) in [6.07, 6.45) is 3.19. The summed E-state index contributed by atoms with van der Waals surface area (Å²) >= 11 is 0. The number of rotatable bonds is 3. The zero-order valence-electron chi connectivity index (χ0n) is 13.4. The monoisotopic (exact) mass is 351 g/mol. The van der Waals surface area contributed by atoms with Crippen molar-refractivity contribution >= 4 is 29.2 Å². The van der Waals surface area contributed by atoms with Gasteiger partial charge in [0.05, 0.1) is 6.26 Å². The number of carboxylic acids is 1. The summed E-state index contributed by atoms with van der Waals surface area (Å²) in [5.74, 6) is -1.93. The van der Waals surface area contributed by atoms with Crippen LogP contribution in [-0.4, -0.2) is 33.6 Å². The number of fused-ring (bicyclic) bond motifs is 2. The third kappa shape index (κ3) is 2.23. The van der Waals surface area contributed by atoms with Crippen molar-refractivity contribution in [2.24, 2.45) is 5.10 Å². The summed E-state index contributed by atoms with van der Waals surface area (Å²) in [6.45, 7) is 0. The van der Waals surface area contributed by atoms with Crippen LogP contribution in [0, 0.1) is 0 Å². The van der Waals surface area contributed by atoms with Crippen molar-refractivity contribution in [3.05, 3.63) is 66.1 Å². The largest absolute Gasteiger partial charge is 0.478 e. The van der Waals surface area contributed by atoms with Gasteiger partial charge in [0.15, 0.2) is 5.54 Å². The van der Waals surface area contributed by atoms with Gasteiger partial charge in [0, 0.05) is 29.8 Å². The average molecular weight is 351 g/mol. The van der Waals surface area contributed by atoms with Crippen molar-refractivity contribution < 1.29 is 23.9 Å². The first-order valence-electron chi connectivity index (χ1n) is 7.80. The van der Waals surface area contributed by atoms with Crippen molar-refractivity contribution in [2.45, 2.75) is 12.0 Å². The van der Waals surface area contributed by atoms with Gasteiger partial charge >= 0.3 is 5.97 Å². The lowest BCUT2D eigenvalue weighted by Gasteiger charge is -2.29. The lowest BCUT2D eigenvalue weighted by molar-refractivity contribution is -0.140. The van der Waals surface area contributed by atoms with E-state index in [0.717, 1.165) is 17.2 Å². The van der Waals surface area contributed by atoms with Crippen molar-refractivity contribution in [1.29, 1.82) is 0 Å². The van der Waals surface area contributed by atoms with Gasteiger partial charge in [-0.25, -0.2) is 9.80 Å². The first-order chi connectivity index (χ1) is 12.5. The quantitative estimate of drug-likeness (QED) is 0.818. The van der Waals surface area contributed by atoms with E-state index in [-0.39, 0.29) is 6.42 Å². The molecule has 8 nitrogen and oxygen atoms in total. The molecule has 0 fully saturated rings. The van der Waals surface area contributed by atoms with E-state index < -0.39 is 23.3 Å². The number of carbonyl (C=O) groups excluding carboxylic acids is 2. The first-order valence-corrected chi connectivity index (χ1v) is 7.80. The minimum Gasteiger partial charge on any atom is -0.478 e. The third-order valence-electron chi connectivity index (χ3n) is 4.38. The molecule has 2 aromatic rings. The molecule has 2 aliphatic heterocycles. The SMILES string of the molecule is O=C(O)/C=C/C(=O)N1N=C(c2ccco2)C[C@]12C(=O)Nc1ccccc12. The smallest absolute Gasteiger partial charge is 0.328 e. The van der Waals surface area contributed by atoms with Crippen LogP contribution in [0.1, 0.15) is 17.7 Å². The van der Waals surface area contributed by atoms with E-state index in [1.54, 1.807) is 36.4 Å². The van der Waals surface area contributed by atoms with Gasteiger partial charge in [-0.15, -0.1) is 0 Å². The minimum atomic E-state index is -1.38. The molecule has 1 atom stereocenters. The molecule has 0 bridgehead atoms. The molecular formula is C18H13N3O5. The Morgan fingerprint density at radius 3 is 2.77 bits per heavy atom. The van der Waals surface area contributed by atoms with Gasteiger partial charge in [-0.1, -0.05) is 18.2 Å².